The average Bonchev–Trinajstić information content (AvgIpc) is 2.07. The fourth-order valence-corrected chi connectivity index (χ4v) is 0.449. The Balaban J connectivity index is 0. The van der Waals surface area contributed by atoms with Crippen molar-refractivity contribution in [3.63, 3.8) is 0 Å². The van der Waals surface area contributed by atoms with Crippen molar-refractivity contribution < 1.29 is 4.79 Å². The van der Waals surface area contributed by atoms with Crippen LogP contribution in [0.1, 0.15) is 13.8 Å². The summed E-state index contributed by atoms with van der Waals surface area (Å²) in [5, 5.41) is 0.139. The van der Waals surface area contributed by atoms with E-state index in [9.17, 15) is 4.79 Å². The van der Waals surface area contributed by atoms with Crippen molar-refractivity contribution in [1.82, 2.24) is 0 Å². The number of ketones is 1. The van der Waals surface area contributed by atoms with Crippen LogP contribution in [0, 0.1) is 0 Å². The van der Waals surface area contributed by atoms with Gasteiger partial charge < -0.3 is 0 Å². The molecule has 0 amide bonds. The Kier molecular flexibility index (Phi) is 10.7. The van der Waals surface area contributed by atoms with Crippen LogP contribution in [0.3, 0.4) is 0 Å². The van der Waals surface area contributed by atoms with E-state index in [2.05, 4.69) is 13.2 Å². The van der Waals surface area contributed by atoms with E-state index >= 15 is 0 Å². The van der Waals surface area contributed by atoms with Crippen LogP contribution in [0.15, 0.2) is 36.4 Å². The van der Waals surface area contributed by atoms with E-state index in [1.54, 1.807) is 0 Å². The van der Waals surface area contributed by atoms with E-state index < -0.39 is 0 Å². The zero-order valence-electron chi connectivity index (χ0n) is 6.93. The molecule has 0 aliphatic rings. The van der Waals surface area contributed by atoms with Gasteiger partial charge in [-0.1, -0.05) is 44.7 Å². The Morgan fingerprint density at radius 1 is 1.36 bits per heavy atom. The summed E-state index contributed by atoms with van der Waals surface area (Å²) in [5.41, 5.74) is 0. The van der Waals surface area contributed by atoms with E-state index in [0.717, 1.165) is 6.08 Å². The molecule has 0 fully saturated rings. The van der Waals surface area contributed by atoms with E-state index in [4.69, 9.17) is 11.6 Å². The highest BCUT2D eigenvalue weighted by Crippen LogP contribution is 2.02. The first-order valence-corrected chi connectivity index (χ1v) is 3.75. The molecule has 0 saturated carbocycles. The zero-order valence-corrected chi connectivity index (χ0v) is 7.69. The molecule has 0 bridgehead atoms. The second-order valence-corrected chi connectivity index (χ2v) is 1.73. The Morgan fingerprint density at radius 2 is 1.82 bits per heavy atom. The molecular formula is C9H13ClO. The lowest BCUT2D eigenvalue weighted by Crippen LogP contribution is -1.88. The van der Waals surface area contributed by atoms with Crippen molar-refractivity contribution in [3.8, 4) is 0 Å². The van der Waals surface area contributed by atoms with Crippen LogP contribution in [0.2, 0.25) is 0 Å². The number of rotatable bonds is 3. The smallest absolute Gasteiger partial charge is 0.196 e. The number of carbonyl (C=O) groups excluding carboxylic acids is 1. The van der Waals surface area contributed by atoms with Gasteiger partial charge in [0.2, 0.25) is 0 Å². The summed E-state index contributed by atoms with van der Waals surface area (Å²) in [4.78, 5) is 10.5. The molecule has 0 N–H and O–H groups in total. The topological polar surface area (TPSA) is 17.1 Å². The van der Waals surface area contributed by atoms with Gasteiger partial charge in [0.15, 0.2) is 5.78 Å². The highest BCUT2D eigenvalue weighted by Gasteiger charge is 1.96. The Morgan fingerprint density at radius 3 is 2.09 bits per heavy atom. The molecule has 0 aromatic carbocycles. The van der Waals surface area contributed by atoms with Crippen molar-refractivity contribution in [2.24, 2.45) is 0 Å². The second-order valence-electron chi connectivity index (χ2n) is 1.32. The molecule has 0 radical (unpaired) electrons. The number of allylic oxidation sites excluding steroid dienone is 4. The first-order valence-electron chi connectivity index (χ1n) is 3.37. The Bertz CT molecular complexity index is 168. The minimum absolute atomic E-state index is 0.139. The Labute approximate surface area is 73.1 Å². The minimum Gasteiger partial charge on any atom is -0.288 e. The van der Waals surface area contributed by atoms with Gasteiger partial charge in [0.25, 0.3) is 0 Å². The van der Waals surface area contributed by atoms with Crippen molar-refractivity contribution in [2.45, 2.75) is 13.8 Å². The van der Waals surface area contributed by atoms with E-state index in [-0.39, 0.29) is 10.8 Å². The summed E-state index contributed by atoms with van der Waals surface area (Å²) < 4.78 is 0. The molecule has 0 aromatic heterocycles. The zero-order chi connectivity index (χ0) is 9.28. The summed E-state index contributed by atoms with van der Waals surface area (Å²) in [6.45, 7) is 10.6. The normalized spacial score (nSPS) is 9.18. The van der Waals surface area contributed by atoms with Crippen molar-refractivity contribution in [3.05, 3.63) is 36.4 Å². The molecule has 0 aliphatic heterocycles. The molecule has 0 aromatic rings. The molecule has 1 nitrogen and oxygen atoms in total. The molecule has 0 unspecified atom stereocenters. The summed E-state index contributed by atoms with van der Waals surface area (Å²) in [6.07, 6.45) is 4.03. The van der Waals surface area contributed by atoms with Crippen LogP contribution < -0.4 is 0 Å². The van der Waals surface area contributed by atoms with Gasteiger partial charge in [0.1, 0.15) is 0 Å². The van der Waals surface area contributed by atoms with Crippen LogP contribution in [0.5, 0.6) is 0 Å². The molecule has 2 heteroatoms. The monoisotopic (exact) mass is 172 g/mol. The summed E-state index contributed by atoms with van der Waals surface area (Å²) in [5.74, 6) is -0.281. The average molecular weight is 173 g/mol. The molecular weight excluding hydrogens is 160 g/mol. The standard InChI is InChI=1S/C7H7ClO.C2H6/c1-3-5-6(8)7(9)4-2;1-2/h3-5H,1-2H2;1-2H3/b6-5+;. The number of carbonyl (C=O) groups is 1. The van der Waals surface area contributed by atoms with E-state index in [1.165, 1.54) is 12.2 Å². The van der Waals surface area contributed by atoms with Gasteiger partial charge in [-0.05, 0) is 12.2 Å². The van der Waals surface area contributed by atoms with Crippen molar-refractivity contribution in [1.29, 1.82) is 0 Å². The second kappa shape index (κ2) is 9.18. The molecule has 62 valence electrons. The van der Waals surface area contributed by atoms with Gasteiger partial charge in [0, 0.05) is 0 Å². The lowest BCUT2D eigenvalue weighted by molar-refractivity contribution is -0.110. The molecule has 0 heterocycles. The van der Waals surface area contributed by atoms with E-state index in [1.807, 2.05) is 13.8 Å². The number of hydrogen-bond donors (Lipinski definition) is 0. The summed E-state index contributed by atoms with van der Waals surface area (Å²) in [6, 6.07) is 0. The van der Waals surface area contributed by atoms with Crippen LogP contribution in [0.4, 0.5) is 0 Å². The molecule has 0 atom stereocenters. The van der Waals surface area contributed by atoms with Crippen molar-refractivity contribution >= 4 is 17.4 Å². The largest absolute Gasteiger partial charge is 0.288 e. The maximum atomic E-state index is 10.5. The quantitative estimate of drug-likeness (QED) is 0.473. The van der Waals surface area contributed by atoms with Gasteiger partial charge in [-0.2, -0.15) is 0 Å². The molecule has 0 rings (SSSR count). The van der Waals surface area contributed by atoms with Crippen LogP contribution >= 0.6 is 11.6 Å². The predicted octanol–water partition coefficient (Wildman–Crippen LogP) is 3.08. The fourth-order valence-electron chi connectivity index (χ4n) is 0.283. The highest BCUT2D eigenvalue weighted by molar-refractivity contribution is 6.44. The molecule has 0 saturated heterocycles. The van der Waals surface area contributed by atoms with Gasteiger partial charge in [-0.3, -0.25) is 4.79 Å². The third-order valence-electron chi connectivity index (χ3n) is 0.685. The predicted molar refractivity (Wildman–Crippen MR) is 50.7 cm³/mol. The fraction of sp³-hybridized carbons (Fsp3) is 0.222. The maximum Gasteiger partial charge on any atom is 0.196 e. The Hall–Kier alpha value is -0.820. The first kappa shape index (κ1) is 12.8. The molecule has 0 aliphatic carbocycles. The lowest BCUT2D eigenvalue weighted by Gasteiger charge is -1.85. The van der Waals surface area contributed by atoms with Gasteiger partial charge in [-0.15, -0.1) is 0 Å². The van der Waals surface area contributed by atoms with Crippen LogP contribution in [-0.2, 0) is 4.79 Å². The van der Waals surface area contributed by atoms with Gasteiger partial charge in [-0.25, -0.2) is 0 Å². The molecule has 0 spiro atoms. The van der Waals surface area contributed by atoms with Crippen LogP contribution in [-0.4, -0.2) is 5.78 Å². The number of hydrogen-bond acceptors (Lipinski definition) is 1. The van der Waals surface area contributed by atoms with Crippen molar-refractivity contribution in [2.75, 3.05) is 0 Å². The summed E-state index contributed by atoms with van der Waals surface area (Å²) >= 11 is 5.40. The SMILES string of the molecule is C=C/C=C(/Cl)C(=O)C=C.CC. The third-order valence-corrected chi connectivity index (χ3v) is 0.997. The summed E-state index contributed by atoms with van der Waals surface area (Å²) in [7, 11) is 0. The first-order chi connectivity index (χ1) is 5.22. The van der Waals surface area contributed by atoms with E-state index in [0.29, 0.717) is 0 Å². The number of halogens is 1. The molecule has 11 heavy (non-hydrogen) atoms. The third kappa shape index (κ3) is 7.07. The minimum atomic E-state index is -0.281. The highest BCUT2D eigenvalue weighted by atomic mass is 35.5. The van der Waals surface area contributed by atoms with Gasteiger partial charge >= 0.3 is 0 Å². The van der Waals surface area contributed by atoms with Gasteiger partial charge in [0.05, 0.1) is 5.03 Å². The lowest BCUT2D eigenvalue weighted by atomic mass is 10.3. The maximum absolute atomic E-state index is 10.5. The van der Waals surface area contributed by atoms with Crippen LogP contribution in [0.25, 0.3) is 0 Å².